The molecular weight excluding hydrogens is 408 g/mol. The Bertz CT molecular complexity index is 1090. The average Bonchev–Trinajstić information content (AvgIpc) is 2.79. The van der Waals surface area contributed by atoms with E-state index in [2.05, 4.69) is 10.3 Å². The molecule has 32 heavy (non-hydrogen) atoms. The van der Waals surface area contributed by atoms with Gasteiger partial charge in [-0.3, -0.25) is 9.78 Å². The van der Waals surface area contributed by atoms with Crippen LogP contribution in [-0.4, -0.2) is 38.8 Å². The fraction of sp³-hybridized carbons (Fsp3) is 0.360. The Kier molecular flexibility index (Phi) is 7.41. The van der Waals surface area contributed by atoms with Gasteiger partial charge in [-0.1, -0.05) is 19.9 Å². The number of anilines is 1. The molecule has 3 rings (SSSR count). The van der Waals surface area contributed by atoms with Gasteiger partial charge in [0, 0.05) is 23.7 Å². The molecule has 7 heteroatoms. The van der Waals surface area contributed by atoms with E-state index in [4.69, 9.17) is 18.9 Å². The summed E-state index contributed by atoms with van der Waals surface area (Å²) in [6.07, 6.45) is 4.18. The lowest BCUT2D eigenvalue weighted by atomic mass is 9.99. The predicted octanol–water partition coefficient (Wildman–Crippen LogP) is 4.84. The van der Waals surface area contributed by atoms with Crippen LogP contribution in [0.2, 0.25) is 0 Å². The van der Waals surface area contributed by atoms with Crippen molar-refractivity contribution in [3.8, 4) is 23.0 Å². The molecule has 0 unspecified atom stereocenters. The number of nitrogens with one attached hydrogen (secondary N) is 1. The van der Waals surface area contributed by atoms with Gasteiger partial charge in [-0.25, -0.2) is 0 Å². The van der Waals surface area contributed by atoms with E-state index in [0.717, 1.165) is 21.9 Å². The minimum Gasteiger partial charge on any atom is -0.493 e. The van der Waals surface area contributed by atoms with Gasteiger partial charge >= 0.3 is 0 Å². The maximum Gasteiger partial charge on any atom is 0.227 e. The summed E-state index contributed by atoms with van der Waals surface area (Å²) in [6, 6.07) is 7.74. The smallest absolute Gasteiger partial charge is 0.227 e. The van der Waals surface area contributed by atoms with Crippen LogP contribution in [-0.2, 0) is 11.2 Å². The van der Waals surface area contributed by atoms with Crippen LogP contribution in [0.3, 0.4) is 0 Å². The lowest BCUT2D eigenvalue weighted by Gasteiger charge is -2.17. The number of carbonyl (C=O) groups excluding carboxylic acids is 1. The Morgan fingerprint density at radius 3 is 2.22 bits per heavy atom. The van der Waals surface area contributed by atoms with E-state index in [9.17, 15) is 4.79 Å². The van der Waals surface area contributed by atoms with Gasteiger partial charge in [-0.15, -0.1) is 0 Å². The Balaban J connectivity index is 2.10. The van der Waals surface area contributed by atoms with Crippen molar-refractivity contribution in [2.45, 2.75) is 27.2 Å². The van der Waals surface area contributed by atoms with E-state index in [0.29, 0.717) is 41.7 Å². The molecule has 1 N–H and O–H groups in total. The van der Waals surface area contributed by atoms with Gasteiger partial charge in [0.05, 0.1) is 33.6 Å². The Morgan fingerprint density at radius 2 is 1.66 bits per heavy atom. The quantitative estimate of drug-likeness (QED) is 0.515. The number of aromatic nitrogens is 1. The highest BCUT2D eigenvalue weighted by Gasteiger charge is 2.18. The van der Waals surface area contributed by atoms with Crippen molar-refractivity contribution < 1.29 is 23.7 Å². The Labute approximate surface area is 188 Å². The number of hydrogen-bond donors (Lipinski definition) is 1. The maximum atomic E-state index is 12.5. The number of nitrogens with zero attached hydrogens (tertiary/aromatic N) is 1. The molecule has 2 aromatic carbocycles. The van der Waals surface area contributed by atoms with Gasteiger partial charge in [0.1, 0.15) is 5.75 Å². The molecule has 1 aromatic heterocycles. The molecule has 3 aromatic rings. The third-order valence-corrected chi connectivity index (χ3v) is 5.18. The van der Waals surface area contributed by atoms with Gasteiger partial charge in [-0.05, 0) is 48.1 Å². The van der Waals surface area contributed by atoms with Gasteiger partial charge in [0.25, 0.3) is 0 Å². The molecule has 0 saturated carbocycles. The normalized spacial score (nSPS) is 10.8. The summed E-state index contributed by atoms with van der Waals surface area (Å²) in [5.41, 5.74) is 2.62. The first-order valence-electron chi connectivity index (χ1n) is 10.6. The summed E-state index contributed by atoms with van der Waals surface area (Å²) >= 11 is 0. The molecule has 0 bridgehead atoms. The second kappa shape index (κ2) is 10.2. The fourth-order valence-corrected chi connectivity index (χ4v) is 3.56. The number of fused-ring (bicyclic) bond motifs is 1. The van der Waals surface area contributed by atoms with Crippen LogP contribution in [0.25, 0.3) is 10.8 Å². The van der Waals surface area contributed by atoms with Crippen LogP contribution in [0, 0.1) is 5.92 Å². The highest BCUT2D eigenvalue weighted by molar-refractivity contribution is 6.05. The van der Waals surface area contributed by atoms with Crippen LogP contribution >= 0.6 is 0 Å². The van der Waals surface area contributed by atoms with Gasteiger partial charge in [0.2, 0.25) is 11.7 Å². The number of pyridine rings is 1. The second-order valence-electron chi connectivity index (χ2n) is 7.62. The molecule has 0 atom stereocenters. The van der Waals surface area contributed by atoms with Crippen LogP contribution in [0.4, 0.5) is 5.69 Å². The Morgan fingerprint density at radius 1 is 0.969 bits per heavy atom. The molecule has 7 nitrogen and oxygen atoms in total. The summed E-state index contributed by atoms with van der Waals surface area (Å²) < 4.78 is 22.2. The summed E-state index contributed by atoms with van der Waals surface area (Å²) in [6.45, 7) is 6.12. The van der Waals surface area contributed by atoms with Crippen LogP contribution in [0.5, 0.6) is 23.0 Å². The van der Waals surface area contributed by atoms with Crippen molar-refractivity contribution in [2.75, 3.05) is 33.3 Å². The first-order chi connectivity index (χ1) is 15.4. The summed E-state index contributed by atoms with van der Waals surface area (Å²) in [4.78, 5) is 16.9. The van der Waals surface area contributed by atoms with Crippen molar-refractivity contribution in [3.05, 3.63) is 47.8 Å². The van der Waals surface area contributed by atoms with Gasteiger partial charge in [-0.2, -0.15) is 0 Å². The molecule has 0 fully saturated rings. The highest BCUT2D eigenvalue weighted by Crippen LogP contribution is 2.40. The molecule has 0 radical (unpaired) electrons. The van der Waals surface area contributed by atoms with E-state index in [1.807, 2.05) is 51.2 Å². The lowest BCUT2D eigenvalue weighted by Crippen LogP contribution is -2.18. The van der Waals surface area contributed by atoms with E-state index in [1.165, 1.54) is 0 Å². The molecule has 0 saturated heterocycles. The van der Waals surface area contributed by atoms with E-state index in [1.54, 1.807) is 27.5 Å². The third-order valence-electron chi connectivity index (χ3n) is 5.18. The Hall–Kier alpha value is -3.48. The molecule has 0 spiro atoms. The topological polar surface area (TPSA) is 78.9 Å². The van der Waals surface area contributed by atoms with E-state index in [-0.39, 0.29) is 11.8 Å². The van der Waals surface area contributed by atoms with Crippen LogP contribution < -0.4 is 24.3 Å². The number of methoxy groups -OCH3 is 3. The van der Waals surface area contributed by atoms with E-state index < -0.39 is 0 Å². The minimum atomic E-state index is -0.157. The third kappa shape index (κ3) is 4.72. The van der Waals surface area contributed by atoms with Crippen LogP contribution in [0.1, 0.15) is 31.9 Å². The van der Waals surface area contributed by atoms with E-state index >= 15 is 0 Å². The van der Waals surface area contributed by atoms with Gasteiger partial charge < -0.3 is 24.3 Å². The van der Waals surface area contributed by atoms with Crippen molar-refractivity contribution in [1.82, 2.24) is 4.98 Å². The second-order valence-corrected chi connectivity index (χ2v) is 7.62. The van der Waals surface area contributed by atoms with Crippen molar-refractivity contribution >= 4 is 22.4 Å². The minimum absolute atomic E-state index is 0.0755. The highest BCUT2D eigenvalue weighted by atomic mass is 16.5. The van der Waals surface area contributed by atoms with Crippen molar-refractivity contribution in [3.63, 3.8) is 0 Å². The fourth-order valence-electron chi connectivity index (χ4n) is 3.56. The molecule has 1 heterocycles. The summed E-state index contributed by atoms with van der Waals surface area (Å²) in [5.74, 6) is 2.14. The SMILES string of the molecule is CCOc1ccc2c(Cc3cc(OC)c(OC)c(OC)c3)cncc2c1NC(=O)C(C)C. The number of hydrogen-bond acceptors (Lipinski definition) is 6. The summed E-state index contributed by atoms with van der Waals surface area (Å²) in [7, 11) is 4.77. The zero-order valence-corrected chi connectivity index (χ0v) is 19.4. The maximum absolute atomic E-state index is 12.5. The molecule has 0 aliphatic rings. The van der Waals surface area contributed by atoms with Crippen LogP contribution in [0.15, 0.2) is 36.7 Å². The van der Waals surface area contributed by atoms with Crippen molar-refractivity contribution in [1.29, 1.82) is 0 Å². The molecule has 0 aliphatic heterocycles. The standard InChI is InChI=1S/C25H30N2O5/c1-7-32-20-9-8-18-17(13-26-14-19(18)23(20)27-25(28)15(2)3)10-16-11-21(29-4)24(31-6)22(12-16)30-5/h8-9,11-15H,7,10H2,1-6H3,(H,27,28). The summed E-state index contributed by atoms with van der Waals surface area (Å²) in [5, 5.41) is 4.83. The molecule has 170 valence electrons. The number of ether oxygens (including phenoxy) is 4. The average molecular weight is 439 g/mol. The number of carbonyl (C=O) groups is 1. The predicted molar refractivity (Wildman–Crippen MR) is 125 cm³/mol. The first kappa shape index (κ1) is 23.2. The number of amides is 1. The zero-order valence-electron chi connectivity index (χ0n) is 19.4. The number of rotatable bonds is 9. The molecule has 1 amide bonds. The molecule has 0 aliphatic carbocycles. The zero-order chi connectivity index (χ0) is 23.3. The lowest BCUT2D eigenvalue weighted by molar-refractivity contribution is -0.118. The van der Waals surface area contributed by atoms with Crippen molar-refractivity contribution in [2.24, 2.45) is 5.92 Å². The number of benzene rings is 2. The largest absolute Gasteiger partial charge is 0.493 e. The monoisotopic (exact) mass is 438 g/mol. The van der Waals surface area contributed by atoms with Gasteiger partial charge in [0.15, 0.2) is 11.5 Å². The first-order valence-corrected chi connectivity index (χ1v) is 10.6. The molecular formula is C25H30N2O5.